The van der Waals surface area contributed by atoms with Gasteiger partial charge in [0.15, 0.2) is 0 Å². The molecule has 1 heterocycles. The molecular weight excluding hydrogens is 319 g/mol. The number of pyridine rings is 1. The molecule has 0 aliphatic carbocycles. The van der Waals surface area contributed by atoms with Crippen molar-refractivity contribution in [2.75, 3.05) is 5.32 Å². The summed E-state index contributed by atoms with van der Waals surface area (Å²) in [7, 11) is 0. The molecule has 128 valence electrons. The van der Waals surface area contributed by atoms with Crippen molar-refractivity contribution in [1.29, 1.82) is 0 Å². The van der Waals surface area contributed by atoms with Gasteiger partial charge in [-0.3, -0.25) is 14.2 Å². The van der Waals surface area contributed by atoms with Crippen LogP contribution in [0.25, 0.3) is 10.9 Å². The third-order valence-corrected chi connectivity index (χ3v) is 4.30. The number of aromatic nitrogens is 1. The second-order valence-corrected chi connectivity index (χ2v) is 5.95. The smallest absolute Gasteiger partial charge is 0.252 e. The number of carbonyl (C=O) groups excluding carboxylic acids is 1. The molecule has 1 atom stereocenters. The number of rotatable bonds is 4. The Hall–Kier alpha value is -2.95. The number of fused-ring (bicyclic) bond motifs is 1. The highest BCUT2D eigenvalue weighted by Gasteiger charge is 2.22. The summed E-state index contributed by atoms with van der Waals surface area (Å²) in [5.74, 6) is -0.921. The summed E-state index contributed by atoms with van der Waals surface area (Å²) in [6.45, 7) is 3.70. The average molecular weight is 338 g/mol. The first-order valence-corrected chi connectivity index (χ1v) is 8.19. The molecule has 0 fully saturated rings. The Bertz CT molecular complexity index is 994. The van der Waals surface area contributed by atoms with Crippen LogP contribution in [0.15, 0.2) is 59.4 Å². The van der Waals surface area contributed by atoms with Gasteiger partial charge in [-0.2, -0.15) is 0 Å². The van der Waals surface area contributed by atoms with Crippen LogP contribution in [0.3, 0.4) is 0 Å². The largest absolute Gasteiger partial charge is 0.322 e. The zero-order valence-electron chi connectivity index (χ0n) is 14.1. The van der Waals surface area contributed by atoms with Gasteiger partial charge in [0.25, 0.3) is 5.56 Å². The predicted molar refractivity (Wildman–Crippen MR) is 97.3 cm³/mol. The van der Waals surface area contributed by atoms with Gasteiger partial charge in [-0.1, -0.05) is 37.3 Å². The maximum atomic E-state index is 13.8. The molecule has 3 aromatic rings. The van der Waals surface area contributed by atoms with E-state index in [0.717, 1.165) is 10.9 Å². The fourth-order valence-corrected chi connectivity index (χ4v) is 3.05. The van der Waals surface area contributed by atoms with Crippen molar-refractivity contribution < 1.29 is 9.18 Å². The van der Waals surface area contributed by atoms with E-state index in [-0.39, 0.29) is 11.2 Å². The lowest BCUT2D eigenvalue weighted by Gasteiger charge is -2.21. The second kappa shape index (κ2) is 6.89. The van der Waals surface area contributed by atoms with Crippen LogP contribution in [0.4, 0.5) is 10.1 Å². The van der Waals surface area contributed by atoms with Gasteiger partial charge in [-0.25, -0.2) is 4.39 Å². The number of benzene rings is 2. The van der Waals surface area contributed by atoms with Gasteiger partial charge >= 0.3 is 0 Å². The van der Waals surface area contributed by atoms with Crippen LogP contribution in [0.1, 0.15) is 24.9 Å². The van der Waals surface area contributed by atoms with Gasteiger partial charge < -0.3 is 5.32 Å². The first-order valence-electron chi connectivity index (χ1n) is 8.19. The fraction of sp³-hybridized carbons (Fsp3) is 0.200. The van der Waals surface area contributed by atoms with Crippen molar-refractivity contribution in [1.82, 2.24) is 4.57 Å². The lowest BCUT2D eigenvalue weighted by Crippen LogP contribution is -2.33. The van der Waals surface area contributed by atoms with Crippen molar-refractivity contribution in [2.24, 2.45) is 0 Å². The van der Waals surface area contributed by atoms with E-state index in [1.807, 2.05) is 38.1 Å². The van der Waals surface area contributed by atoms with E-state index < -0.39 is 17.8 Å². The molecule has 0 aliphatic heterocycles. The average Bonchev–Trinajstić information content (AvgIpc) is 2.60. The van der Waals surface area contributed by atoms with Crippen LogP contribution in [-0.4, -0.2) is 10.5 Å². The highest BCUT2D eigenvalue weighted by atomic mass is 19.1. The summed E-state index contributed by atoms with van der Waals surface area (Å²) >= 11 is 0. The number of nitrogens with zero attached hydrogens (tertiary/aromatic N) is 1. The standard InChI is InChI=1S/C20H19FN2O2/c1-3-17(20(25)22-16-10-6-5-9-15(16)21)23-18-11-7-4-8-14(18)13(2)12-19(23)24/h4-12,17H,3H2,1-2H3,(H,22,25). The van der Waals surface area contributed by atoms with E-state index in [4.69, 9.17) is 0 Å². The molecule has 0 bridgehead atoms. The number of nitrogens with one attached hydrogen (secondary N) is 1. The minimum Gasteiger partial charge on any atom is -0.322 e. The quantitative estimate of drug-likeness (QED) is 0.780. The van der Waals surface area contributed by atoms with Gasteiger partial charge in [0.1, 0.15) is 11.9 Å². The summed E-state index contributed by atoms with van der Waals surface area (Å²) in [5, 5.41) is 3.51. The third-order valence-electron chi connectivity index (χ3n) is 4.30. The molecule has 1 aromatic heterocycles. The van der Waals surface area contributed by atoms with Crippen LogP contribution in [0.5, 0.6) is 0 Å². The Kier molecular flexibility index (Phi) is 4.65. The Morgan fingerprint density at radius 3 is 2.56 bits per heavy atom. The number of carbonyl (C=O) groups is 1. The van der Waals surface area contributed by atoms with Gasteiger partial charge in [0.05, 0.1) is 11.2 Å². The van der Waals surface area contributed by atoms with Crippen LogP contribution in [0, 0.1) is 12.7 Å². The first-order chi connectivity index (χ1) is 12.0. The summed E-state index contributed by atoms with van der Waals surface area (Å²) in [6, 6.07) is 14.3. The predicted octanol–water partition coefficient (Wildman–Crippen LogP) is 4.04. The molecule has 0 aliphatic rings. The van der Waals surface area contributed by atoms with E-state index >= 15 is 0 Å². The monoisotopic (exact) mass is 338 g/mol. The van der Waals surface area contributed by atoms with Crippen molar-refractivity contribution in [2.45, 2.75) is 26.3 Å². The summed E-state index contributed by atoms with van der Waals surface area (Å²) in [5.41, 5.74) is 1.42. The zero-order chi connectivity index (χ0) is 18.0. The molecule has 25 heavy (non-hydrogen) atoms. The SMILES string of the molecule is CCC(C(=O)Nc1ccccc1F)n1c(=O)cc(C)c2ccccc21. The number of para-hydroxylation sites is 2. The molecular formula is C20H19FN2O2. The van der Waals surface area contributed by atoms with Gasteiger partial charge in [-0.15, -0.1) is 0 Å². The number of hydrogen-bond acceptors (Lipinski definition) is 2. The topological polar surface area (TPSA) is 51.1 Å². The molecule has 3 rings (SSSR count). The third kappa shape index (κ3) is 3.18. The lowest BCUT2D eigenvalue weighted by atomic mass is 10.1. The summed E-state index contributed by atoms with van der Waals surface area (Å²) < 4.78 is 15.3. The number of amides is 1. The minimum atomic E-state index is -0.724. The number of anilines is 1. The summed E-state index contributed by atoms with van der Waals surface area (Å²) in [6.07, 6.45) is 0.410. The van der Waals surface area contributed by atoms with E-state index in [9.17, 15) is 14.0 Å². The van der Waals surface area contributed by atoms with Gasteiger partial charge in [-0.05, 0) is 37.1 Å². The molecule has 4 nitrogen and oxygen atoms in total. The van der Waals surface area contributed by atoms with E-state index in [1.165, 1.54) is 22.8 Å². The molecule has 1 N–H and O–H groups in total. The van der Waals surface area contributed by atoms with E-state index in [0.29, 0.717) is 11.9 Å². The lowest BCUT2D eigenvalue weighted by molar-refractivity contribution is -0.119. The molecule has 0 radical (unpaired) electrons. The van der Waals surface area contributed by atoms with Gasteiger partial charge in [0.2, 0.25) is 5.91 Å². The Morgan fingerprint density at radius 2 is 1.84 bits per heavy atom. The van der Waals surface area contributed by atoms with E-state index in [1.54, 1.807) is 12.1 Å². The van der Waals surface area contributed by atoms with Crippen molar-refractivity contribution in [3.8, 4) is 0 Å². The van der Waals surface area contributed by atoms with Crippen molar-refractivity contribution in [3.05, 3.63) is 76.3 Å². The van der Waals surface area contributed by atoms with Crippen LogP contribution in [0.2, 0.25) is 0 Å². The highest BCUT2D eigenvalue weighted by Crippen LogP contribution is 2.22. The van der Waals surface area contributed by atoms with Crippen molar-refractivity contribution in [3.63, 3.8) is 0 Å². The number of hydrogen-bond donors (Lipinski definition) is 1. The maximum Gasteiger partial charge on any atom is 0.252 e. The molecule has 0 spiro atoms. The normalized spacial score (nSPS) is 12.1. The highest BCUT2D eigenvalue weighted by molar-refractivity contribution is 5.95. The molecule has 0 saturated heterocycles. The van der Waals surface area contributed by atoms with Crippen molar-refractivity contribution >= 4 is 22.5 Å². The van der Waals surface area contributed by atoms with Crippen LogP contribution < -0.4 is 10.9 Å². The minimum absolute atomic E-state index is 0.107. The second-order valence-electron chi connectivity index (χ2n) is 5.95. The first kappa shape index (κ1) is 16.9. The Labute approximate surface area is 144 Å². The molecule has 1 unspecified atom stereocenters. The van der Waals surface area contributed by atoms with E-state index in [2.05, 4.69) is 5.32 Å². The maximum absolute atomic E-state index is 13.8. The number of halogens is 1. The molecule has 1 amide bonds. The Morgan fingerprint density at radius 1 is 1.16 bits per heavy atom. The number of aryl methyl sites for hydroxylation is 1. The Balaban J connectivity index is 2.07. The zero-order valence-corrected chi connectivity index (χ0v) is 14.1. The van der Waals surface area contributed by atoms with Gasteiger partial charge in [0, 0.05) is 11.5 Å². The van der Waals surface area contributed by atoms with Crippen LogP contribution in [-0.2, 0) is 4.79 Å². The summed E-state index contributed by atoms with van der Waals surface area (Å²) in [4.78, 5) is 25.3. The van der Waals surface area contributed by atoms with Crippen LogP contribution >= 0.6 is 0 Å². The molecule has 5 heteroatoms. The molecule has 0 saturated carbocycles. The fourth-order valence-electron chi connectivity index (χ4n) is 3.05. The molecule has 2 aromatic carbocycles.